The van der Waals surface area contributed by atoms with Crippen molar-refractivity contribution >= 4 is 11.8 Å². The predicted molar refractivity (Wildman–Crippen MR) is 72.1 cm³/mol. The lowest BCUT2D eigenvalue weighted by atomic mass is 10.1. The largest absolute Gasteiger partial charge is 0.305 e. The number of hydrogen-bond acceptors (Lipinski definition) is 3. The van der Waals surface area contributed by atoms with Gasteiger partial charge in [-0.25, -0.2) is 0 Å². The van der Waals surface area contributed by atoms with Gasteiger partial charge in [-0.3, -0.25) is 14.5 Å². The normalized spacial score (nSPS) is 22.1. The SMILES string of the molecule is CCC(C)CNC1CC(=O)N(C(CC)CC)C1=O. The zero-order chi connectivity index (χ0) is 13.7. The molecule has 2 atom stereocenters. The summed E-state index contributed by atoms with van der Waals surface area (Å²) in [4.78, 5) is 25.6. The second kappa shape index (κ2) is 6.88. The van der Waals surface area contributed by atoms with Gasteiger partial charge in [-0.1, -0.05) is 34.1 Å². The van der Waals surface area contributed by atoms with Crippen LogP contribution in [0.3, 0.4) is 0 Å². The van der Waals surface area contributed by atoms with Gasteiger partial charge in [0.25, 0.3) is 0 Å². The van der Waals surface area contributed by atoms with Gasteiger partial charge in [0.1, 0.15) is 0 Å². The first kappa shape index (κ1) is 15.2. The van der Waals surface area contributed by atoms with Crippen LogP contribution in [0.2, 0.25) is 0 Å². The topological polar surface area (TPSA) is 49.4 Å². The summed E-state index contributed by atoms with van der Waals surface area (Å²) >= 11 is 0. The highest BCUT2D eigenvalue weighted by Crippen LogP contribution is 2.20. The maximum Gasteiger partial charge on any atom is 0.247 e. The molecule has 2 amide bonds. The Morgan fingerprint density at radius 2 is 1.83 bits per heavy atom. The van der Waals surface area contributed by atoms with Crippen molar-refractivity contribution < 1.29 is 9.59 Å². The number of rotatable bonds is 7. The molecule has 1 aliphatic heterocycles. The first-order chi connectivity index (χ1) is 8.54. The molecule has 0 aromatic rings. The molecule has 4 nitrogen and oxygen atoms in total. The van der Waals surface area contributed by atoms with E-state index >= 15 is 0 Å². The monoisotopic (exact) mass is 254 g/mol. The van der Waals surface area contributed by atoms with Crippen molar-refractivity contribution in [2.45, 2.75) is 65.5 Å². The van der Waals surface area contributed by atoms with Crippen LogP contribution >= 0.6 is 0 Å². The molecule has 0 saturated carbocycles. The zero-order valence-corrected chi connectivity index (χ0v) is 12.0. The fraction of sp³-hybridized carbons (Fsp3) is 0.857. The Labute approximate surface area is 110 Å². The number of hydrogen-bond donors (Lipinski definition) is 1. The van der Waals surface area contributed by atoms with Gasteiger partial charge in [0.2, 0.25) is 11.8 Å². The minimum atomic E-state index is -0.299. The number of nitrogens with one attached hydrogen (secondary N) is 1. The summed E-state index contributed by atoms with van der Waals surface area (Å²) in [5.41, 5.74) is 0. The van der Waals surface area contributed by atoms with Gasteiger partial charge in [0.15, 0.2) is 0 Å². The van der Waals surface area contributed by atoms with E-state index in [1.165, 1.54) is 4.90 Å². The summed E-state index contributed by atoms with van der Waals surface area (Å²) < 4.78 is 0. The van der Waals surface area contributed by atoms with Gasteiger partial charge in [0, 0.05) is 6.04 Å². The van der Waals surface area contributed by atoms with Gasteiger partial charge >= 0.3 is 0 Å². The highest BCUT2D eigenvalue weighted by molar-refractivity contribution is 6.05. The second-order valence-corrected chi connectivity index (χ2v) is 5.25. The summed E-state index contributed by atoms with van der Waals surface area (Å²) in [6, 6.07) is -0.229. The predicted octanol–water partition coefficient (Wildman–Crippen LogP) is 1.94. The number of likely N-dealkylation sites (tertiary alicyclic amines) is 1. The van der Waals surface area contributed by atoms with Crippen molar-refractivity contribution in [3.8, 4) is 0 Å². The van der Waals surface area contributed by atoms with Crippen LogP contribution in [0.5, 0.6) is 0 Å². The molecule has 1 fully saturated rings. The first-order valence-corrected chi connectivity index (χ1v) is 7.14. The van der Waals surface area contributed by atoms with Gasteiger partial charge in [-0.2, -0.15) is 0 Å². The molecule has 0 aliphatic carbocycles. The van der Waals surface area contributed by atoms with Crippen LogP contribution in [0.1, 0.15) is 53.4 Å². The number of carbonyl (C=O) groups excluding carboxylic acids is 2. The van der Waals surface area contributed by atoms with Crippen LogP contribution in [0.4, 0.5) is 0 Å². The van der Waals surface area contributed by atoms with Crippen molar-refractivity contribution in [2.75, 3.05) is 6.54 Å². The summed E-state index contributed by atoms with van der Waals surface area (Å²) in [7, 11) is 0. The van der Waals surface area contributed by atoms with E-state index in [9.17, 15) is 9.59 Å². The van der Waals surface area contributed by atoms with E-state index in [0.29, 0.717) is 12.3 Å². The quantitative estimate of drug-likeness (QED) is 0.706. The molecule has 0 aromatic heterocycles. The van der Waals surface area contributed by atoms with E-state index < -0.39 is 0 Å². The van der Waals surface area contributed by atoms with Gasteiger partial charge in [-0.15, -0.1) is 0 Å². The Hall–Kier alpha value is -0.900. The third-order valence-electron chi connectivity index (χ3n) is 3.90. The summed E-state index contributed by atoms with van der Waals surface area (Å²) in [6.07, 6.45) is 3.09. The standard InChI is InChI=1S/C14H26N2O2/c1-5-10(4)9-15-12-8-13(17)16(14(12)18)11(6-2)7-3/h10-12,15H,5-9H2,1-4H3. The molecule has 1 saturated heterocycles. The number of imide groups is 1. The van der Waals surface area contributed by atoms with Crippen molar-refractivity contribution in [1.82, 2.24) is 10.2 Å². The van der Waals surface area contributed by atoms with Crippen LogP contribution < -0.4 is 5.32 Å². The molecule has 1 rings (SSSR count). The zero-order valence-electron chi connectivity index (χ0n) is 12.0. The van der Waals surface area contributed by atoms with Crippen molar-refractivity contribution in [2.24, 2.45) is 5.92 Å². The highest BCUT2D eigenvalue weighted by Gasteiger charge is 2.40. The van der Waals surface area contributed by atoms with Crippen LogP contribution in [0.15, 0.2) is 0 Å². The fourth-order valence-corrected chi connectivity index (χ4v) is 2.34. The van der Waals surface area contributed by atoms with Crippen LogP contribution in [0, 0.1) is 5.92 Å². The minimum absolute atomic E-state index is 0.0182. The van der Waals surface area contributed by atoms with Crippen LogP contribution in [0.25, 0.3) is 0 Å². The third kappa shape index (κ3) is 3.31. The van der Waals surface area contributed by atoms with E-state index in [-0.39, 0.29) is 23.9 Å². The van der Waals surface area contributed by atoms with E-state index in [2.05, 4.69) is 19.2 Å². The number of amides is 2. The lowest BCUT2D eigenvalue weighted by Gasteiger charge is -2.24. The Kier molecular flexibility index (Phi) is 5.79. The van der Waals surface area contributed by atoms with E-state index in [1.807, 2.05) is 13.8 Å². The number of carbonyl (C=O) groups is 2. The van der Waals surface area contributed by atoms with Crippen LogP contribution in [-0.4, -0.2) is 35.3 Å². The van der Waals surface area contributed by atoms with Crippen molar-refractivity contribution in [3.05, 3.63) is 0 Å². The van der Waals surface area contributed by atoms with Gasteiger partial charge in [0.05, 0.1) is 12.5 Å². The second-order valence-electron chi connectivity index (χ2n) is 5.25. The molecule has 1 aliphatic rings. The Morgan fingerprint density at radius 1 is 1.22 bits per heavy atom. The molecule has 1 N–H and O–H groups in total. The first-order valence-electron chi connectivity index (χ1n) is 7.14. The van der Waals surface area contributed by atoms with Crippen LogP contribution in [-0.2, 0) is 9.59 Å². The smallest absolute Gasteiger partial charge is 0.247 e. The maximum absolute atomic E-state index is 12.2. The Balaban J connectivity index is 2.60. The molecule has 0 spiro atoms. The lowest BCUT2D eigenvalue weighted by Crippen LogP contribution is -2.44. The average Bonchev–Trinajstić information content (AvgIpc) is 2.65. The molecular weight excluding hydrogens is 228 g/mol. The Bertz CT molecular complexity index is 300. The van der Waals surface area contributed by atoms with E-state index in [1.54, 1.807) is 0 Å². The summed E-state index contributed by atoms with van der Waals surface area (Å²) in [5, 5.41) is 3.23. The van der Waals surface area contributed by atoms with Crippen molar-refractivity contribution in [3.63, 3.8) is 0 Å². The lowest BCUT2D eigenvalue weighted by molar-refractivity contribution is -0.141. The molecular formula is C14H26N2O2. The van der Waals surface area contributed by atoms with E-state index in [4.69, 9.17) is 0 Å². The third-order valence-corrected chi connectivity index (χ3v) is 3.90. The molecule has 2 unspecified atom stereocenters. The summed E-state index contributed by atoms with van der Waals surface area (Å²) in [5.74, 6) is 0.488. The highest BCUT2D eigenvalue weighted by atomic mass is 16.2. The number of nitrogens with zero attached hydrogens (tertiary/aromatic N) is 1. The molecule has 1 heterocycles. The molecule has 0 bridgehead atoms. The average molecular weight is 254 g/mol. The molecule has 18 heavy (non-hydrogen) atoms. The van der Waals surface area contributed by atoms with E-state index in [0.717, 1.165) is 25.8 Å². The molecule has 0 aromatic carbocycles. The Morgan fingerprint density at radius 3 is 2.33 bits per heavy atom. The van der Waals surface area contributed by atoms with Gasteiger partial charge in [-0.05, 0) is 25.3 Å². The molecule has 0 radical (unpaired) electrons. The minimum Gasteiger partial charge on any atom is -0.305 e. The molecule has 104 valence electrons. The van der Waals surface area contributed by atoms with Gasteiger partial charge < -0.3 is 5.32 Å². The maximum atomic E-state index is 12.2. The fourth-order valence-electron chi connectivity index (χ4n) is 2.34. The molecule has 4 heteroatoms. The summed E-state index contributed by atoms with van der Waals surface area (Å²) in [6.45, 7) is 9.12. The van der Waals surface area contributed by atoms with Crippen molar-refractivity contribution in [1.29, 1.82) is 0 Å².